The average Bonchev–Trinajstić information content (AvgIpc) is 2.84. The van der Waals surface area contributed by atoms with Crippen LogP contribution in [0, 0.1) is 28.6 Å². The molecule has 4 aliphatic rings. The van der Waals surface area contributed by atoms with Crippen LogP contribution in [-0.4, -0.2) is 40.0 Å². The molecule has 0 bridgehead atoms. The second-order valence-corrected chi connectivity index (χ2v) is 9.97. The van der Waals surface area contributed by atoms with Crippen molar-refractivity contribution in [2.24, 2.45) is 28.6 Å². The van der Waals surface area contributed by atoms with Crippen molar-refractivity contribution in [2.75, 3.05) is 6.67 Å². The molecule has 0 unspecified atom stereocenters. The van der Waals surface area contributed by atoms with E-state index in [2.05, 4.69) is 0 Å². The highest BCUT2D eigenvalue weighted by Gasteiger charge is 2.74. The molecule has 1 N–H and O–H groups in total. The second-order valence-electron chi connectivity index (χ2n) is 9.35. The highest BCUT2D eigenvalue weighted by molar-refractivity contribution is 6.26. The van der Waals surface area contributed by atoms with Crippen LogP contribution in [0.15, 0.2) is 36.0 Å². The van der Waals surface area contributed by atoms with Crippen LogP contribution >= 0.6 is 11.6 Å². The Balaban J connectivity index is 1.88. The summed E-state index contributed by atoms with van der Waals surface area (Å²) in [6, 6.07) is 0. The van der Waals surface area contributed by atoms with E-state index in [1.165, 1.54) is 12.2 Å². The van der Waals surface area contributed by atoms with E-state index in [-0.39, 0.29) is 18.1 Å². The lowest BCUT2D eigenvalue weighted by Crippen LogP contribution is -2.67. The summed E-state index contributed by atoms with van der Waals surface area (Å²) < 4.78 is 29.2. The summed E-state index contributed by atoms with van der Waals surface area (Å²) in [6.45, 7) is 3.97. The number of rotatable bonds is 2. The van der Waals surface area contributed by atoms with E-state index in [0.29, 0.717) is 12.0 Å². The molecule has 0 saturated heterocycles. The Morgan fingerprint density at radius 1 is 1.36 bits per heavy atom. The smallest absolute Gasteiger partial charge is 0.196 e. The highest BCUT2D eigenvalue weighted by atomic mass is 35.5. The van der Waals surface area contributed by atoms with Crippen molar-refractivity contribution in [2.45, 2.75) is 50.3 Å². The van der Waals surface area contributed by atoms with E-state index in [1.54, 1.807) is 19.9 Å². The Labute approximate surface area is 168 Å². The Morgan fingerprint density at radius 2 is 2.04 bits per heavy atom. The van der Waals surface area contributed by atoms with Gasteiger partial charge in [0, 0.05) is 16.7 Å². The molecule has 0 aromatic carbocycles. The Bertz CT molecular complexity index is 851. The van der Waals surface area contributed by atoms with Crippen molar-refractivity contribution in [3.63, 3.8) is 0 Å². The molecule has 0 heterocycles. The monoisotopic (exact) mass is 410 g/mol. The quantitative estimate of drug-likeness (QED) is 0.702. The first-order valence-electron chi connectivity index (χ1n) is 9.75. The van der Waals surface area contributed by atoms with Crippen molar-refractivity contribution >= 4 is 23.2 Å². The van der Waals surface area contributed by atoms with Gasteiger partial charge in [-0.05, 0) is 42.4 Å². The van der Waals surface area contributed by atoms with Gasteiger partial charge in [-0.15, -0.1) is 11.6 Å². The average molecular weight is 411 g/mol. The van der Waals surface area contributed by atoms with Crippen LogP contribution in [0.25, 0.3) is 0 Å². The van der Waals surface area contributed by atoms with Gasteiger partial charge < -0.3 is 5.11 Å². The predicted octanol–water partition coefficient (Wildman–Crippen LogP) is 3.90. The van der Waals surface area contributed by atoms with Crippen LogP contribution in [0.2, 0.25) is 0 Å². The molecular formula is C22H25ClF2O3. The minimum atomic E-state index is -1.92. The largest absolute Gasteiger partial charge is 0.381 e. The number of fused-ring (bicyclic) bond motifs is 5. The molecule has 0 aromatic heterocycles. The number of aliphatic hydroxyl groups is 1. The summed E-state index contributed by atoms with van der Waals surface area (Å²) in [7, 11) is 0. The number of hydrogen-bond donors (Lipinski definition) is 1. The zero-order valence-corrected chi connectivity index (χ0v) is 17.0. The number of carbonyl (C=O) groups is 2. The molecule has 0 aromatic rings. The molecule has 4 aliphatic carbocycles. The summed E-state index contributed by atoms with van der Waals surface area (Å²) >= 11 is 7.10. The normalized spacial score (nSPS) is 52.0. The van der Waals surface area contributed by atoms with Gasteiger partial charge in [0.1, 0.15) is 11.8 Å². The first kappa shape index (κ1) is 20.0. The van der Waals surface area contributed by atoms with Gasteiger partial charge in [-0.2, -0.15) is 0 Å². The summed E-state index contributed by atoms with van der Waals surface area (Å²) in [5.41, 5.74) is -3.26. The SMILES string of the molecule is C[C@@H]1C[C@H]2[C@@H]3C=CC4=CC(=O)C=C[C@]4(C)[C@@]3(Cl)[C@@H](F)C[C@]2(C)[C@@]1(O)C(=O)CF. The Hall–Kier alpha value is -1.33. The standard InChI is InChI=1S/C22H25ClF2O3/c1-12-8-16-15-5-4-13-9-14(26)6-7-19(13,2)21(15,23)17(25)10-20(16,3)22(12,28)18(27)11-24/h4-7,9,12,15-17,28H,8,10-11H2,1-3H3/t12-,15+,16+,17+,19+,20+,21+,22+/m1/s1. The Kier molecular flexibility index (Phi) is 4.17. The third-order valence-electron chi connectivity index (χ3n) is 8.29. The van der Waals surface area contributed by atoms with Crippen LogP contribution < -0.4 is 0 Å². The van der Waals surface area contributed by atoms with E-state index in [9.17, 15) is 19.1 Å². The minimum absolute atomic E-state index is 0.136. The van der Waals surface area contributed by atoms with Gasteiger partial charge in [-0.3, -0.25) is 9.59 Å². The van der Waals surface area contributed by atoms with Gasteiger partial charge in [-0.25, -0.2) is 8.78 Å². The van der Waals surface area contributed by atoms with Crippen molar-refractivity contribution < 1.29 is 23.5 Å². The maximum Gasteiger partial charge on any atom is 0.196 e. The zero-order valence-electron chi connectivity index (χ0n) is 16.2. The molecule has 2 fully saturated rings. The fourth-order valence-corrected chi connectivity index (χ4v) is 7.12. The Morgan fingerprint density at radius 3 is 2.68 bits per heavy atom. The molecule has 3 nitrogen and oxygen atoms in total. The van der Waals surface area contributed by atoms with E-state index >= 15 is 4.39 Å². The zero-order chi connectivity index (χ0) is 20.7. The van der Waals surface area contributed by atoms with E-state index in [4.69, 9.17) is 11.6 Å². The highest BCUT2D eigenvalue weighted by Crippen LogP contribution is 2.70. The lowest BCUT2D eigenvalue weighted by molar-refractivity contribution is -0.169. The maximum absolute atomic E-state index is 15.9. The molecule has 8 atom stereocenters. The fraction of sp³-hybridized carbons (Fsp3) is 0.636. The number of Topliss-reactive ketones (excluding diaryl/α,β-unsaturated/α-hetero) is 1. The summed E-state index contributed by atoms with van der Waals surface area (Å²) in [4.78, 5) is 22.9. The number of hydrogen-bond acceptors (Lipinski definition) is 3. The molecule has 0 radical (unpaired) electrons. The van der Waals surface area contributed by atoms with Crippen molar-refractivity contribution in [1.29, 1.82) is 0 Å². The van der Waals surface area contributed by atoms with Crippen LogP contribution in [0.4, 0.5) is 8.78 Å². The van der Waals surface area contributed by atoms with Crippen LogP contribution in [0.1, 0.15) is 33.6 Å². The van der Waals surface area contributed by atoms with E-state index in [0.717, 1.165) is 0 Å². The molecule has 28 heavy (non-hydrogen) atoms. The first-order chi connectivity index (χ1) is 13.0. The van der Waals surface area contributed by atoms with Crippen LogP contribution in [0.3, 0.4) is 0 Å². The number of halogens is 3. The summed E-state index contributed by atoms with van der Waals surface area (Å²) in [5.74, 6) is -2.29. The summed E-state index contributed by atoms with van der Waals surface area (Å²) in [5, 5.41) is 11.3. The molecule has 6 heteroatoms. The maximum atomic E-state index is 15.9. The van der Waals surface area contributed by atoms with Gasteiger partial charge in [0.15, 0.2) is 18.2 Å². The van der Waals surface area contributed by atoms with Gasteiger partial charge >= 0.3 is 0 Å². The van der Waals surface area contributed by atoms with Crippen molar-refractivity contribution in [1.82, 2.24) is 0 Å². The van der Waals surface area contributed by atoms with Crippen molar-refractivity contribution in [3.05, 3.63) is 36.0 Å². The third kappa shape index (κ3) is 2.02. The van der Waals surface area contributed by atoms with Gasteiger partial charge in [0.25, 0.3) is 0 Å². The first-order valence-corrected chi connectivity index (χ1v) is 10.1. The minimum Gasteiger partial charge on any atom is -0.381 e. The molecule has 4 rings (SSSR count). The summed E-state index contributed by atoms with van der Waals surface area (Å²) in [6.07, 6.45) is 6.98. The number of ketones is 2. The number of allylic oxidation sites excluding steroid dienone is 6. The lowest BCUT2D eigenvalue weighted by Gasteiger charge is -2.61. The molecule has 0 amide bonds. The molecule has 0 aliphatic heterocycles. The molecule has 152 valence electrons. The van der Waals surface area contributed by atoms with Gasteiger partial charge in [0.2, 0.25) is 0 Å². The fourth-order valence-electron chi connectivity index (χ4n) is 6.64. The molecule has 2 saturated carbocycles. The second kappa shape index (κ2) is 5.85. The topological polar surface area (TPSA) is 54.4 Å². The lowest BCUT2D eigenvalue weighted by atomic mass is 9.47. The molecular weight excluding hydrogens is 386 g/mol. The van der Waals surface area contributed by atoms with Crippen LogP contribution in [-0.2, 0) is 9.59 Å². The molecule has 0 spiro atoms. The van der Waals surface area contributed by atoms with Crippen molar-refractivity contribution in [3.8, 4) is 0 Å². The van der Waals surface area contributed by atoms with Gasteiger partial charge in [-0.1, -0.05) is 39.0 Å². The van der Waals surface area contributed by atoms with E-state index < -0.39 is 51.8 Å². The van der Waals surface area contributed by atoms with E-state index in [1.807, 2.05) is 19.1 Å². The predicted molar refractivity (Wildman–Crippen MR) is 102 cm³/mol. The number of carbonyl (C=O) groups excluding carboxylic acids is 2. The third-order valence-corrected chi connectivity index (χ3v) is 9.17. The number of alkyl halides is 3. The van der Waals surface area contributed by atoms with Gasteiger partial charge in [0.05, 0.1) is 4.87 Å². The van der Waals surface area contributed by atoms with Crippen LogP contribution in [0.5, 0.6) is 0 Å².